The molecule has 0 aromatic heterocycles. The molecule has 2 atom stereocenters. The molecule has 5 nitrogen and oxygen atoms in total. The topological polar surface area (TPSA) is 72.1 Å². The summed E-state index contributed by atoms with van der Waals surface area (Å²) in [7, 11) is 0. The third kappa shape index (κ3) is 4.16. The van der Waals surface area contributed by atoms with Gasteiger partial charge in [-0.05, 0) is 13.3 Å². The second-order valence-electron chi connectivity index (χ2n) is 4.03. The lowest BCUT2D eigenvalue weighted by Crippen LogP contribution is -2.46. The Morgan fingerprint density at radius 3 is 2.62 bits per heavy atom. The molecule has 88 valence electrons. The monoisotopic (exact) mass is 222 g/mol. The number of nitrogens with one attached hydrogen (secondary N) is 1. The lowest BCUT2D eigenvalue weighted by atomic mass is 10.1. The van der Waals surface area contributed by atoms with Gasteiger partial charge in [0.05, 0.1) is 38.4 Å². The van der Waals surface area contributed by atoms with Crippen LogP contribution in [0.15, 0.2) is 0 Å². The third-order valence-electron chi connectivity index (χ3n) is 2.80. The van der Waals surface area contributed by atoms with Crippen molar-refractivity contribution in [1.82, 2.24) is 10.2 Å². The standard InChI is InChI=1S/C11H18N4O/c1-10(15(5-2-12)6-3-13)8-11-9-16-7-4-14-11/h10-11,14H,4-9H2,1H3. The highest BCUT2D eigenvalue weighted by molar-refractivity contribution is 4.88. The molecule has 0 amide bonds. The first-order chi connectivity index (χ1) is 7.77. The molecular weight excluding hydrogens is 204 g/mol. The van der Waals surface area contributed by atoms with E-state index in [9.17, 15) is 0 Å². The lowest BCUT2D eigenvalue weighted by Gasteiger charge is -2.30. The Morgan fingerprint density at radius 2 is 2.12 bits per heavy atom. The average molecular weight is 222 g/mol. The van der Waals surface area contributed by atoms with Gasteiger partial charge in [-0.25, -0.2) is 0 Å². The largest absolute Gasteiger partial charge is 0.379 e. The van der Waals surface area contributed by atoms with Gasteiger partial charge in [0.1, 0.15) is 0 Å². The molecule has 0 bridgehead atoms. The maximum absolute atomic E-state index is 8.68. The minimum absolute atomic E-state index is 0.221. The predicted molar refractivity (Wildman–Crippen MR) is 59.5 cm³/mol. The van der Waals surface area contributed by atoms with Crippen molar-refractivity contribution in [2.45, 2.75) is 25.4 Å². The van der Waals surface area contributed by atoms with Gasteiger partial charge in [0.15, 0.2) is 0 Å². The minimum Gasteiger partial charge on any atom is -0.379 e. The molecular formula is C11H18N4O. The Labute approximate surface area is 96.6 Å². The second kappa shape index (κ2) is 7.19. The molecule has 1 saturated heterocycles. The maximum atomic E-state index is 8.68. The van der Waals surface area contributed by atoms with Gasteiger partial charge >= 0.3 is 0 Å². The highest BCUT2D eigenvalue weighted by Crippen LogP contribution is 2.08. The molecule has 5 heteroatoms. The quantitative estimate of drug-likeness (QED) is 0.668. The molecule has 16 heavy (non-hydrogen) atoms. The number of hydrogen-bond donors (Lipinski definition) is 1. The van der Waals surface area contributed by atoms with Crippen molar-refractivity contribution in [2.75, 3.05) is 32.8 Å². The Morgan fingerprint density at radius 1 is 1.44 bits per heavy atom. The normalized spacial score (nSPS) is 22.4. The van der Waals surface area contributed by atoms with Crippen molar-refractivity contribution >= 4 is 0 Å². The number of morpholine rings is 1. The average Bonchev–Trinajstić information content (AvgIpc) is 2.30. The Bertz CT molecular complexity index is 259. The van der Waals surface area contributed by atoms with Crippen LogP contribution in [0.3, 0.4) is 0 Å². The van der Waals surface area contributed by atoms with E-state index in [1.165, 1.54) is 0 Å². The molecule has 0 aliphatic carbocycles. The van der Waals surface area contributed by atoms with Crippen LogP contribution in [0.1, 0.15) is 13.3 Å². The van der Waals surface area contributed by atoms with Crippen LogP contribution in [0.2, 0.25) is 0 Å². The van der Waals surface area contributed by atoms with E-state index in [1.807, 2.05) is 11.8 Å². The van der Waals surface area contributed by atoms with E-state index in [1.54, 1.807) is 0 Å². The number of nitriles is 2. The summed E-state index contributed by atoms with van der Waals surface area (Å²) in [5.41, 5.74) is 0. The first-order valence-electron chi connectivity index (χ1n) is 5.57. The SMILES string of the molecule is CC(CC1COCCN1)N(CC#N)CC#N. The van der Waals surface area contributed by atoms with Crippen LogP contribution in [0.25, 0.3) is 0 Å². The number of ether oxygens (including phenoxy) is 1. The van der Waals surface area contributed by atoms with E-state index in [2.05, 4.69) is 17.5 Å². The molecule has 0 spiro atoms. The molecule has 2 unspecified atom stereocenters. The molecule has 1 fully saturated rings. The van der Waals surface area contributed by atoms with Gasteiger partial charge in [-0.2, -0.15) is 10.5 Å². The predicted octanol–water partition coefficient (Wildman–Crippen LogP) is 0.103. The summed E-state index contributed by atoms with van der Waals surface area (Å²) in [4.78, 5) is 1.89. The summed E-state index contributed by atoms with van der Waals surface area (Å²) in [6, 6.07) is 4.75. The van der Waals surface area contributed by atoms with Crippen LogP contribution >= 0.6 is 0 Å². The van der Waals surface area contributed by atoms with Gasteiger partial charge < -0.3 is 10.1 Å². The Balaban J connectivity index is 2.38. The number of rotatable bonds is 5. The third-order valence-corrected chi connectivity index (χ3v) is 2.80. The molecule has 0 saturated carbocycles. The van der Waals surface area contributed by atoms with E-state index in [4.69, 9.17) is 15.3 Å². The van der Waals surface area contributed by atoms with Crippen molar-refractivity contribution in [3.8, 4) is 12.1 Å². The van der Waals surface area contributed by atoms with Gasteiger partial charge in [0, 0.05) is 18.6 Å². The van der Waals surface area contributed by atoms with Crippen molar-refractivity contribution in [3.63, 3.8) is 0 Å². The van der Waals surface area contributed by atoms with Crippen LogP contribution in [0.4, 0.5) is 0 Å². The zero-order chi connectivity index (χ0) is 11.8. The second-order valence-corrected chi connectivity index (χ2v) is 4.03. The minimum atomic E-state index is 0.221. The van der Waals surface area contributed by atoms with E-state index >= 15 is 0 Å². The zero-order valence-electron chi connectivity index (χ0n) is 9.65. The van der Waals surface area contributed by atoms with Gasteiger partial charge in [-0.1, -0.05) is 0 Å². The van der Waals surface area contributed by atoms with Gasteiger partial charge in [0.25, 0.3) is 0 Å². The number of nitrogens with zero attached hydrogens (tertiary/aromatic N) is 3. The summed E-state index contributed by atoms with van der Waals surface area (Å²) in [6.45, 7) is 5.03. The van der Waals surface area contributed by atoms with Crippen LogP contribution in [-0.4, -0.2) is 49.8 Å². The summed E-state index contributed by atoms with van der Waals surface area (Å²) < 4.78 is 5.37. The van der Waals surface area contributed by atoms with Crippen molar-refractivity contribution in [1.29, 1.82) is 10.5 Å². The van der Waals surface area contributed by atoms with Crippen molar-refractivity contribution in [2.24, 2.45) is 0 Å². The fourth-order valence-electron chi connectivity index (χ4n) is 1.88. The first-order valence-corrected chi connectivity index (χ1v) is 5.57. The fourth-order valence-corrected chi connectivity index (χ4v) is 1.88. The molecule has 0 aromatic carbocycles. The van der Waals surface area contributed by atoms with Crippen molar-refractivity contribution < 1.29 is 4.74 Å². The molecule has 1 aliphatic heterocycles. The summed E-state index contributed by atoms with van der Waals surface area (Å²) in [5.74, 6) is 0. The molecule has 1 aliphatic rings. The molecule has 0 aromatic rings. The maximum Gasteiger partial charge on any atom is 0.0876 e. The van der Waals surface area contributed by atoms with Crippen LogP contribution in [0, 0.1) is 22.7 Å². The van der Waals surface area contributed by atoms with E-state index in [0.717, 1.165) is 26.2 Å². The number of hydrogen-bond acceptors (Lipinski definition) is 5. The smallest absolute Gasteiger partial charge is 0.0876 e. The van der Waals surface area contributed by atoms with Crippen LogP contribution in [0.5, 0.6) is 0 Å². The van der Waals surface area contributed by atoms with Gasteiger partial charge in [0.2, 0.25) is 0 Å². The van der Waals surface area contributed by atoms with Gasteiger partial charge in [-0.3, -0.25) is 4.90 Å². The lowest BCUT2D eigenvalue weighted by molar-refractivity contribution is 0.0644. The fraction of sp³-hybridized carbons (Fsp3) is 0.818. The molecule has 1 rings (SSSR count). The highest BCUT2D eigenvalue weighted by Gasteiger charge is 2.20. The Hall–Kier alpha value is -1.14. The summed E-state index contributed by atoms with van der Waals surface area (Å²) >= 11 is 0. The molecule has 1 heterocycles. The Kier molecular flexibility index (Phi) is 5.81. The summed E-state index contributed by atoms with van der Waals surface area (Å²) in [5, 5.41) is 20.7. The highest BCUT2D eigenvalue weighted by atomic mass is 16.5. The van der Waals surface area contributed by atoms with Gasteiger partial charge in [-0.15, -0.1) is 0 Å². The van der Waals surface area contributed by atoms with Crippen LogP contribution in [-0.2, 0) is 4.74 Å². The van der Waals surface area contributed by atoms with Crippen LogP contribution < -0.4 is 5.32 Å². The zero-order valence-corrected chi connectivity index (χ0v) is 9.65. The first kappa shape index (κ1) is 12.9. The molecule has 0 radical (unpaired) electrons. The van der Waals surface area contributed by atoms with E-state index in [0.29, 0.717) is 19.1 Å². The summed E-state index contributed by atoms with van der Waals surface area (Å²) in [6.07, 6.45) is 0.906. The van der Waals surface area contributed by atoms with E-state index < -0.39 is 0 Å². The van der Waals surface area contributed by atoms with E-state index in [-0.39, 0.29) is 6.04 Å². The molecule has 1 N–H and O–H groups in total. The van der Waals surface area contributed by atoms with Crippen molar-refractivity contribution in [3.05, 3.63) is 0 Å².